The van der Waals surface area contributed by atoms with Crippen LogP contribution in [0.2, 0.25) is 0 Å². The van der Waals surface area contributed by atoms with Gasteiger partial charge in [0.15, 0.2) is 5.65 Å². The molecule has 0 amide bonds. The number of nitrogens with two attached hydrogens (primary N) is 1. The van der Waals surface area contributed by atoms with Crippen molar-refractivity contribution in [3.63, 3.8) is 0 Å². The molecule has 0 radical (unpaired) electrons. The quantitative estimate of drug-likeness (QED) is 0.343. The second-order valence-corrected chi connectivity index (χ2v) is 9.40. The highest BCUT2D eigenvalue weighted by atomic mass is 32.2. The first-order valence-electron chi connectivity index (χ1n) is 10.4. The van der Waals surface area contributed by atoms with Crippen LogP contribution in [0.25, 0.3) is 22.4 Å². The highest BCUT2D eigenvalue weighted by Gasteiger charge is 2.19. The van der Waals surface area contributed by atoms with Crippen molar-refractivity contribution in [1.82, 2.24) is 24.9 Å². The number of aromatic amines is 1. The Morgan fingerprint density at radius 2 is 2.06 bits per heavy atom. The van der Waals surface area contributed by atoms with Crippen molar-refractivity contribution in [2.24, 2.45) is 5.14 Å². The van der Waals surface area contributed by atoms with Crippen molar-refractivity contribution < 1.29 is 13.5 Å². The van der Waals surface area contributed by atoms with E-state index in [9.17, 15) is 13.5 Å². The Balaban J connectivity index is 1.47. The molecule has 0 aliphatic carbocycles. The molecule has 4 heterocycles. The van der Waals surface area contributed by atoms with Crippen LogP contribution in [0.15, 0.2) is 53.8 Å². The zero-order valence-electron chi connectivity index (χ0n) is 17.5. The average Bonchev–Trinajstić information content (AvgIpc) is 3.27. The van der Waals surface area contributed by atoms with Crippen molar-refractivity contribution in [3.8, 4) is 11.3 Å². The van der Waals surface area contributed by atoms with Gasteiger partial charge in [-0.2, -0.15) is 4.98 Å². The number of pyridine rings is 1. The predicted octanol–water partition coefficient (Wildman–Crippen LogP) is 1.77. The maximum Gasteiger partial charge on any atom is 0.238 e. The van der Waals surface area contributed by atoms with Gasteiger partial charge in [-0.15, -0.1) is 0 Å². The van der Waals surface area contributed by atoms with Gasteiger partial charge in [0.2, 0.25) is 16.0 Å². The van der Waals surface area contributed by atoms with Gasteiger partial charge in [0.1, 0.15) is 17.0 Å². The Labute approximate surface area is 189 Å². The Kier molecular flexibility index (Phi) is 5.40. The Hall–Kier alpha value is -3.61. The molecule has 11 nitrogen and oxygen atoms in total. The van der Waals surface area contributed by atoms with E-state index in [1.165, 1.54) is 18.5 Å². The van der Waals surface area contributed by atoms with E-state index in [0.29, 0.717) is 29.1 Å². The molecule has 1 aliphatic rings. The van der Waals surface area contributed by atoms with Crippen molar-refractivity contribution in [2.45, 2.75) is 23.8 Å². The number of imidazole rings is 1. The summed E-state index contributed by atoms with van der Waals surface area (Å²) in [6.45, 7) is 1.42. The average molecular weight is 467 g/mol. The van der Waals surface area contributed by atoms with E-state index in [2.05, 4.69) is 35.1 Å². The number of nitrogens with zero attached hydrogens (tertiary/aromatic N) is 5. The number of anilines is 3. The maximum absolute atomic E-state index is 11.7. The topological polar surface area (TPSA) is 163 Å². The lowest BCUT2D eigenvalue weighted by molar-refractivity contribution is 0.154. The number of benzene rings is 1. The molecule has 33 heavy (non-hydrogen) atoms. The van der Waals surface area contributed by atoms with Crippen LogP contribution in [0.5, 0.6) is 0 Å². The fourth-order valence-electron chi connectivity index (χ4n) is 3.85. The van der Waals surface area contributed by atoms with Gasteiger partial charge < -0.3 is 20.3 Å². The number of nitrogens with one attached hydrogen (secondary N) is 2. The van der Waals surface area contributed by atoms with Gasteiger partial charge in [0, 0.05) is 30.5 Å². The zero-order valence-corrected chi connectivity index (χ0v) is 18.3. The lowest BCUT2D eigenvalue weighted by Gasteiger charge is -2.31. The summed E-state index contributed by atoms with van der Waals surface area (Å²) >= 11 is 0. The van der Waals surface area contributed by atoms with Gasteiger partial charge in [0.25, 0.3) is 0 Å². The van der Waals surface area contributed by atoms with E-state index in [-0.39, 0.29) is 16.9 Å². The number of rotatable bonds is 5. The third kappa shape index (κ3) is 4.49. The minimum Gasteiger partial charge on any atom is -0.391 e. The highest BCUT2D eigenvalue weighted by molar-refractivity contribution is 7.89. The first-order valence-corrected chi connectivity index (χ1v) is 11.9. The van der Waals surface area contributed by atoms with Crippen molar-refractivity contribution >= 4 is 38.6 Å². The minimum atomic E-state index is -3.84. The first-order chi connectivity index (χ1) is 15.9. The van der Waals surface area contributed by atoms with Gasteiger partial charge >= 0.3 is 0 Å². The van der Waals surface area contributed by atoms with Gasteiger partial charge in [0.05, 0.1) is 17.3 Å². The number of sulfonamides is 1. The van der Waals surface area contributed by atoms with Crippen LogP contribution >= 0.6 is 0 Å². The third-order valence-corrected chi connectivity index (χ3v) is 6.36. The number of hydrogen-bond donors (Lipinski definition) is 4. The SMILES string of the molecule is NS(=O)(=O)c1cccc(Nc2nc(-c3ccc(N4CCCC(O)C4)nc3)c3[nH]cnc3n2)c1. The molecular formula is C21H22N8O3S. The molecule has 5 N–H and O–H groups in total. The number of aromatic nitrogens is 5. The Morgan fingerprint density at radius 1 is 1.18 bits per heavy atom. The number of hydrogen-bond acceptors (Lipinski definition) is 9. The van der Waals surface area contributed by atoms with E-state index in [4.69, 9.17) is 5.14 Å². The normalized spacial score (nSPS) is 16.8. The molecule has 0 spiro atoms. The van der Waals surface area contributed by atoms with Crippen LogP contribution < -0.4 is 15.4 Å². The molecule has 170 valence electrons. The second-order valence-electron chi connectivity index (χ2n) is 7.84. The molecule has 0 bridgehead atoms. The van der Waals surface area contributed by atoms with Gasteiger partial charge in [-0.05, 0) is 43.2 Å². The lowest BCUT2D eigenvalue weighted by Crippen LogP contribution is -2.38. The van der Waals surface area contributed by atoms with E-state index in [1.54, 1.807) is 18.3 Å². The molecule has 4 aromatic rings. The monoisotopic (exact) mass is 466 g/mol. The zero-order chi connectivity index (χ0) is 23.0. The van der Waals surface area contributed by atoms with E-state index < -0.39 is 10.0 Å². The highest BCUT2D eigenvalue weighted by Crippen LogP contribution is 2.28. The molecule has 5 rings (SSSR count). The molecule has 0 saturated carbocycles. The van der Waals surface area contributed by atoms with Crippen molar-refractivity contribution in [2.75, 3.05) is 23.3 Å². The predicted molar refractivity (Wildman–Crippen MR) is 123 cm³/mol. The van der Waals surface area contributed by atoms with Crippen molar-refractivity contribution in [3.05, 3.63) is 48.9 Å². The van der Waals surface area contributed by atoms with Crippen LogP contribution in [-0.4, -0.2) is 57.6 Å². The van der Waals surface area contributed by atoms with Gasteiger partial charge in [-0.3, -0.25) is 0 Å². The smallest absolute Gasteiger partial charge is 0.238 e. The number of primary sulfonamides is 1. The molecule has 1 aliphatic heterocycles. The van der Waals surface area contributed by atoms with E-state index >= 15 is 0 Å². The van der Waals surface area contributed by atoms with Crippen LogP contribution in [-0.2, 0) is 10.0 Å². The molecule has 3 aromatic heterocycles. The maximum atomic E-state index is 11.7. The minimum absolute atomic E-state index is 0.0174. The molecule has 1 unspecified atom stereocenters. The third-order valence-electron chi connectivity index (χ3n) is 5.45. The molecular weight excluding hydrogens is 444 g/mol. The van der Waals surface area contributed by atoms with Gasteiger partial charge in [-0.25, -0.2) is 28.5 Å². The summed E-state index contributed by atoms with van der Waals surface area (Å²) in [6.07, 6.45) is 4.65. The number of aliphatic hydroxyl groups excluding tert-OH is 1. The first kappa shape index (κ1) is 21.2. The number of H-pyrrole nitrogens is 1. The standard InChI is InChI=1S/C21H22N8O3S/c22-33(31,32)16-5-1-3-14(9-16)26-21-27-18(19-20(28-21)25-12-24-19)13-6-7-17(23-10-13)29-8-2-4-15(30)11-29/h1,3,5-7,9-10,12,15,30H,2,4,8,11H2,(H2,22,31,32)(H2,24,25,26,27,28). The molecule has 1 fully saturated rings. The fourth-order valence-corrected chi connectivity index (χ4v) is 4.41. The molecule has 1 atom stereocenters. The Bertz CT molecular complexity index is 1400. The number of β-amino-alcohol motifs (C(OH)–C–C–N with tert-alkyl or cyclic N) is 1. The Morgan fingerprint density at radius 3 is 2.82 bits per heavy atom. The lowest BCUT2D eigenvalue weighted by atomic mass is 10.1. The van der Waals surface area contributed by atoms with Crippen LogP contribution in [0, 0.1) is 0 Å². The van der Waals surface area contributed by atoms with Crippen LogP contribution in [0.4, 0.5) is 17.5 Å². The second kappa shape index (κ2) is 8.39. The number of piperidine rings is 1. The number of fused-ring (bicyclic) bond motifs is 1. The fraction of sp³-hybridized carbons (Fsp3) is 0.238. The summed E-state index contributed by atoms with van der Waals surface area (Å²) in [5.41, 5.74) is 2.93. The molecule has 12 heteroatoms. The summed E-state index contributed by atoms with van der Waals surface area (Å²) in [4.78, 5) is 22.9. The van der Waals surface area contributed by atoms with Crippen LogP contribution in [0.1, 0.15) is 12.8 Å². The molecule has 1 aromatic carbocycles. The van der Waals surface area contributed by atoms with Crippen LogP contribution in [0.3, 0.4) is 0 Å². The van der Waals surface area contributed by atoms with Gasteiger partial charge in [-0.1, -0.05) is 6.07 Å². The summed E-state index contributed by atoms with van der Waals surface area (Å²) in [5, 5.41) is 18.2. The largest absolute Gasteiger partial charge is 0.391 e. The van der Waals surface area contributed by atoms with Crippen molar-refractivity contribution in [1.29, 1.82) is 0 Å². The summed E-state index contributed by atoms with van der Waals surface area (Å²) in [6, 6.07) is 9.92. The summed E-state index contributed by atoms with van der Waals surface area (Å²) in [7, 11) is -3.84. The molecule has 1 saturated heterocycles. The van der Waals surface area contributed by atoms with E-state index in [1.807, 2.05) is 12.1 Å². The summed E-state index contributed by atoms with van der Waals surface area (Å²) in [5.74, 6) is 1.05. The summed E-state index contributed by atoms with van der Waals surface area (Å²) < 4.78 is 23.3. The van der Waals surface area contributed by atoms with E-state index in [0.717, 1.165) is 30.8 Å². The number of aliphatic hydroxyl groups is 1.